The number of rotatable bonds is 2. The molecule has 21 heavy (non-hydrogen) atoms. The average molecular weight is 304 g/mol. The Morgan fingerprint density at radius 1 is 0.810 bits per heavy atom. The van der Waals surface area contributed by atoms with Gasteiger partial charge in [-0.2, -0.15) is 0 Å². The number of hydrogen-bond acceptors (Lipinski definition) is 4. The summed E-state index contributed by atoms with van der Waals surface area (Å²) in [5, 5.41) is 18.4. The van der Waals surface area contributed by atoms with Crippen LogP contribution in [0.4, 0.5) is 0 Å². The molecule has 5 heteroatoms. The van der Waals surface area contributed by atoms with Gasteiger partial charge in [-0.3, -0.25) is 0 Å². The summed E-state index contributed by atoms with van der Waals surface area (Å²) in [6, 6.07) is 10.0. The Bertz CT molecular complexity index is 794. The first-order valence-electron chi connectivity index (χ1n) is 6.76. The van der Waals surface area contributed by atoms with Gasteiger partial charge >= 0.3 is 0 Å². The van der Waals surface area contributed by atoms with E-state index in [4.69, 9.17) is 0 Å². The van der Waals surface area contributed by atoms with Crippen molar-refractivity contribution in [3.8, 4) is 0 Å². The molecule has 1 aliphatic rings. The van der Waals surface area contributed by atoms with E-state index in [0.29, 0.717) is 28.9 Å². The summed E-state index contributed by atoms with van der Waals surface area (Å²) in [6.07, 6.45) is 1.25. The fraction of sp³-hybridized carbons (Fsp3) is 0.250. The Labute approximate surface area is 123 Å². The summed E-state index contributed by atoms with van der Waals surface area (Å²) in [4.78, 5) is 0.582. The lowest BCUT2D eigenvalue weighted by molar-refractivity contribution is 0.281. The van der Waals surface area contributed by atoms with Crippen molar-refractivity contribution in [1.29, 1.82) is 0 Å². The Morgan fingerprint density at radius 3 is 2.14 bits per heavy atom. The monoisotopic (exact) mass is 304 g/mol. The second kappa shape index (κ2) is 5.26. The molecule has 4 nitrogen and oxygen atoms in total. The number of benzene rings is 2. The third kappa shape index (κ3) is 2.37. The number of aliphatic hydroxyl groups is 2. The number of hydrogen-bond donors (Lipinski definition) is 2. The second-order valence-corrected chi connectivity index (χ2v) is 7.09. The lowest BCUT2D eigenvalue weighted by Gasteiger charge is -2.10. The average Bonchev–Trinajstić information content (AvgIpc) is 2.62. The fourth-order valence-corrected chi connectivity index (χ4v) is 4.54. The van der Waals surface area contributed by atoms with Crippen LogP contribution in [0, 0.1) is 0 Å². The van der Waals surface area contributed by atoms with Gasteiger partial charge in [0.25, 0.3) is 0 Å². The molecule has 0 unspecified atom stereocenters. The van der Waals surface area contributed by atoms with Gasteiger partial charge in [0, 0.05) is 0 Å². The van der Waals surface area contributed by atoms with E-state index in [2.05, 4.69) is 0 Å². The van der Waals surface area contributed by atoms with E-state index in [-0.39, 0.29) is 18.1 Å². The first-order valence-corrected chi connectivity index (χ1v) is 8.25. The molecular formula is C16H16O4S. The van der Waals surface area contributed by atoms with Gasteiger partial charge in [0.2, 0.25) is 9.84 Å². The van der Waals surface area contributed by atoms with Gasteiger partial charge in [-0.1, -0.05) is 24.3 Å². The molecule has 2 aromatic carbocycles. The molecule has 0 atom stereocenters. The molecule has 2 N–H and O–H groups in total. The highest BCUT2D eigenvalue weighted by Crippen LogP contribution is 2.33. The van der Waals surface area contributed by atoms with E-state index in [1.54, 1.807) is 36.4 Å². The van der Waals surface area contributed by atoms with Gasteiger partial charge in [-0.15, -0.1) is 0 Å². The highest BCUT2D eigenvalue weighted by Gasteiger charge is 2.27. The van der Waals surface area contributed by atoms with Crippen molar-refractivity contribution in [3.63, 3.8) is 0 Å². The lowest BCUT2D eigenvalue weighted by atomic mass is 10.0. The summed E-state index contributed by atoms with van der Waals surface area (Å²) in [7, 11) is -3.59. The third-order valence-corrected chi connectivity index (χ3v) is 5.80. The Morgan fingerprint density at radius 2 is 1.43 bits per heavy atom. The van der Waals surface area contributed by atoms with Crippen LogP contribution in [0.5, 0.6) is 0 Å². The molecule has 1 heterocycles. The van der Waals surface area contributed by atoms with E-state index in [1.807, 2.05) is 0 Å². The first kappa shape index (κ1) is 14.3. The van der Waals surface area contributed by atoms with Crippen LogP contribution in [-0.2, 0) is 35.9 Å². The van der Waals surface area contributed by atoms with E-state index >= 15 is 0 Å². The van der Waals surface area contributed by atoms with E-state index < -0.39 is 9.84 Å². The normalized spacial score (nSPS) is 15.9. The van der Waals surface area contributed by atoms with Gasteiger partial charge in [0.1, 0.15) is 0 Å². The van der Waals surface area contributed by atoms with Crippen molar-refractivity contribution in [2.45, 2.75) is 35.8 Å². The molecule has 0 aliphatic carbocycles. The van der Waals surface area contributed by atoms with Gasteiger partial charge in [0.05, 0.1) is 23.0 Å². The molecule has 0 aromatic heterocycles. The zero-order valence-electron chi connectivity index (χ0n) is 11.4. The largest absolute Gasteiger partial charge is 0.392 e. The molecule has 110 valence electrons. The first-order chi connectivity index (χ1) is 10.1. The van der Waals surface area contributed by atoms with Crippen LogP contribution in [-0.4, -0.2) is 18.6 Å². The summed E-state index contributed by atoms with van der Waals surface area (Å²) in [5.41, 5.74) is 2.82. The predicted octanol–water partition coefficient (Wildman–Crippen LogP) is 1.60. The van der Waals surface area contributed by atoms with Gasteiger partial charge in [-0.25, -0.2) is 8.42 Å². The standard InChI is InChI=1S/C16H16O4S/c17-9-11-2-6-15-14(7-11)5-4-13-3-1-12(10-18)8-16(13)21(15,19)20/h1-3,6-8,17-18H,4-5,9-10H2. The summed E-state index contributed by atoms with van der Waals surface area (Å²) in [6.45, 7) is -0.284. The van der Waals surface area contributed by atoms with Crippen molar-refractivity contribution in [2.75, 3.05) is 0 Å². The second-order valence-electron chi connectivity index (χ2n) is 5.20. The van der Waals surface area contributed by atoms with Crippen LogP contribution in [0.3, 0.4) is 0 Å². The highest BCUT2D eigenvalue weighted by molar-refractivity contribution is 7.91. The van der Waals surface area contributed by atoms with Crippen molar-refractivity contribution in [1.82, 2.24) is 0 Å². The molecule has 0 saturated heterocycles. The predicted molar refractivity (Wildman–Crippen MR) is 77.6 cm³/mol. The van der Waals surface area contributed by atoms with E-state index in [0.717, 1.165) is 11.1 Å². The number of sulfone groups is 1. The van der Waals surface area contributed by atoms with Crippen LogP contribution < -0.4 is 0 Å². The number of aliphatic hydroxyl groups excluding tert-OH is 2. The molecule has 2 aromatic rings. The van der Waals surface area contributed by atoms with E-state index in [9.17, 15) is 18.6 Å². The Hall–Kier alpha value is -1.69. The third-order valence-electron chi connectivity index (χ3n) is 3.86. The van der Waals surface area contributed by atoms with Crippen molar-refractivity contribution >= 4 is 9.84 Å². The molecule has 0 spiro atoms. The minimum atomic E-state index is -3.59. The van der Waals surface area contributed by atoms with Crippen LogP contribution in [0.15, 0.2) is 46.2 Å². The maximum atomic E-state index is 12.8. The molecule has 1 aliphatic heterocycles. The minimum absolute atomic E-state index is 0.102. The number of aryl methyl sites for hydroxylation is 2. The van der Waals surface area contributed by atoms with Crippen LogP contribution >= 0.6 is 0 Å². The lowest BCUT2D eigenvalue weighted by Crippen LogP contribution is -2.06. The maximum absolute atomic E-state index is 12.8. The van der Waals surface area contributed by atoms with Crippen molar-refractivity contribution in [3.05, 3.63) is 58.7 Å². The smallest absolute Gasteiger partial charge is 0.207 e. The molecule has 0 radical (unpaired) electrons. The topological polar surface area (TPSA) is 74.6 Å². The molecule has 0 bridgehead atoms. The fourth-order valence-electron chi connectivity index (χ4n) is 2.73. The van der Waals surface area contributed by atoms with Crippen LogP contribution in [0.25, 0.3) is 0 Å². The summed E-state index contributed by atoms with van der Waals surface area (Å²) in [5.74, 6) is 0. The van der Waals surface area contributed by atoms with Gasteiger partial charge in [-0.05, 0) is 47.2 Å². The maximum Gasteiger partial charge on any atom is 0.207 e. The van der Waals surface area contributed by atoms with Crippen LogP contribution in [0.2, 0.25) is 0 Å². The quantitative estimate of drug-likeness (QED) is 0.884. The molecule has 0 saturated carbocycles. The summed E-state index contributed by atoms with van der Waals surface area (Å²) >= 11 is 0. The molecule has 0 amide bonds. The SMILES string of the molecule is O=S1(=O)c2ccc(CO)cc2CCc2ccc(CO)cc21. The number of fused-ring (bicyclic) bond motifs is 2. The molecule has 0 fully saturated rings. The summed E-state index contributed by atoms with van der Waals surface area (Å²) < 4.78 is 25.7. The minimum Gasteiger partial charge on any atom is -0.392 e. The Balaban J connectivity index is 2.24. The van der Waals surface area contributed by atoms with Gasteiger partial charge in [0.15, 0.2) is 0 Å². The Kier molecular flexibility index (Phi) is 3.57. The van der Waals surface area contributed by atoms with Crippen LogP contribution in [0.1, 0.15) is 22.3 Å². The van der Waals surface area contributed by atoms with Gasteiger partial charge < -0.3 is 10.2 Å². The highest BCUT2D eigenvalue weighted by atomic mass is 32.2. The molecule has 3 rings (SSSR count). The van der Waals surface area contributed by atoms with Crippen molar-refractivity contribution < 1.29 is 18.6 Å². The molecular weight excluding hydrogens is 288 g/mol. The van der Waals surface area contributed by atoms with E-state index in [1.165, 1.54) is 0 Å². The zero-order valence-corrected chi connectivity index (χ0v) is 12.2. The van der Waals surface area contributed by atoms with Crippen molar-refractivity contribution in [2.24, 2.45) is 0 Å². The zero-order chi connectivity index (χ0) is 15.0.